The van der Waals surface area contributed by atoms with Crippen LogP contribution in [0.1, 0.15) is 6.92 Å². The summed E-state index contributed by atoms with van der Waals surface area (Å²) in [6.45, 7) is 15.4. The Morgan fingerprint density at radius 2 is 1.67 bits per heavy atom. The number of hydrogen-bond acceptors (Lipinski definition) is 3. The molecule has 90 valence electrons. The summed E-state index contributed by atoms with van der Waals surface area (Å²) in [5, 5.41) is 0. The van der Waals surface area contributed by atoms with Crippen molar-refractivity contribution in [2.45, 2.75) is 46.2 Å². The van der Waals surface area contributed by atoms with E-state index in [9.17, 15) is 4.79 Å². The van der Waals surface area contributed by atoms with Crippen molar-refractivity contribution in [2.24, 2.45) is 5.92 Å². The third-order valence-electron chi connectivity index (χ3n) is 1.75. The van der Waals surface area contributed by atoms with Crippen LogP contribution in [0, 0.1) is 5.92 Å². The van der Waals surface area contributed by atoms with Gasteiger partial charge in [0.1, 0.15) is 8.24 Å². The Bertz CT molecular complexity index is 218. The summed E-state index contributed by atoms with van der Waals surface area (Å²) in [5.41, 5.74) is 0. The molecule has 5 heteroatoms. The molecule has 0 spiro atoms. The highest BCUT2D eigenvalue weighted by atomic mass is 28.4. The molecule has 1 unspecified atom stereocenters. The summed E-state index contributed by atoms with van der Waals surface area (Å²) < 4.78 is 5.44. The Morgan fingerprint density at radius 1 is 1.20 bits per heavy atom. The fourth-order valence-electron chi connectivity index (χ4n) is 0.945. The molecule has 0 aromatic carbocycles. The van der Waals surface area contributed by atoms with E-state index >= 15 is 0 Å². The zero-order valence-corrected chi connectivity index (χ0v) is 13.1. The lowest BCUT2D eigenvalue weighted by Gasteiger charge is -2.24. The minimum Gasteiger partial charge on any atom is -0.520 e. The van der Waals surface area contributed by atoms with E-state index in [0.717, 1.165) is 6.54 Å². The van der Waals surface area contributed by atoms with Crippen LogP contribution < -0.4 is 4.98 Å². The van der Waals surface area contributed by atoms with Crippen molar-refractivity contribution in [3.63, 3.8) is 0 Å². The molecular weight excluding hydrogens is 222 g/mol. The maximum Gasteiger partial charge on any atom is 0.296 e. The Kier molecular flexibility index (Phi) is 5.22. The van der Waals surface area contributed by atoms with Crippen molar-refractivity contribution in [2.75, 3.05) is 6.54 Å². The SMILES string of the molecule is CC(CN[Si](C)(C)C)C(=O)O[Si](C)(C)C. The van der Waals surface area contributed by atoms with Gasteiger partial charge in [-0.3, -0.25) is 4.79 Å². The fraction of sp³-hybridized carbons (Fsp3) is 0.900. The average Bonchev–Trinajstić information content (AvgIpc) is 1.95. The monoisotopic (exact) mass is 247 g/mol. The van der Waals surface area contributed by atoms with E-state index in [1.807, 2.05) is 26.6 Å². The van der Waals surface area contributed by atoms with E-state index in [2.05, 4.69) is 24.6 Å². The Labute approximate surface area is 95.8 Å². The number of nitrogens with one attached hydrogen (secondary N) is 1. The maximum atomic E-state index is 11.7. The van der Waals surface area contributed by atoms with Crippen LogP contribution in [-0.4, -0.2) is 29.1 Å². The minimum absolute atomic E-state index is 0.0385. The molecule has 0 amide bonds. The number of hydrogen-bond donors (Lipinski definition) is 1. The first kappa shape index (κ1) is 14.9. The molecule has 0 bridgehead atoms. The summed E-state index contributed by atoms with van der Waals surface area (Å²) in [5.74, 6) is -0.0941. The molecule has 0 fully saturated rings. The van der Waals surface area contributed by atoms with Crippen molar-refractivity contribution in [3.05, 3.63) is 0 Å². The van der Waals surface area contributed by atoms with E-state index < -0.39 is 16.6 Å². The molecule has 0 aromatic rings. The zero-order chi connectivity index (χ0) is 12.3. The minimum atomic E-state index is -1.72. The number of rotatable bonds is 5. The predicted molar refractivity (Wildman–Crippen MR) is 70.0 cm³/mol. The van der Waals surface area contributed by atoms with Crippen LogP contribution in [0.4, 0.5) is 0 Å². The summed E-state index contributed by atoms with van der Waals surface area (Å²) >= 11 is 0. The van der Waals surface area contributed by atoms with Gasteiger partial charge in [0.05, 0.1) is 5.92 Å². The van der Waals surface area contributed by atoms with Gasteiger partial charge < -0.3 is 9.41 Å². The molecular formula is C10H25NO2Si2. The Balaban J connectivity index is 4.01. The van der Waals surface area contributed by atoms with Crippen molar-refractivity contribution in [1.82, 2.24) is 4.98 Å². The molecule has 0 aliphatic carbocycles. The van der Waals surface area contributed by atoms with Gasteiger partial charge in [-0.2, -0.15) is 0 Å². The predicted octanol–water partition coefficient (Wildman–Crippen LogP) is 2.43. The van der Waals surface area contributed by atoms with Gasteiger partial charge in [-0.05, 0) is 19.6 Å². The third-order valence-corrected chi connectivity index (χ3v) is 3.83. The average molecular weight is 247 g/mol. The first-order valence-electron chi connectivity index (χ1n) is 5.49. The number of carbonyl (C=O) groups is 1. The molecule has 1 atom stereocenters. The van der Waals surface area contributed by atoms with Crippen LogP contribution in [-0.2, 0) is 9.22 Å². The van der Waals surface area contributed by atoms with Crippen molar-refractivity contribution >= 4 is 22.5 Å². The standard InChI is InChI=1S/C10H25NO2Si2/c1-9(8-11-14(2,3)4)10(12)13-15(5,6)7/h9,11H,8H2,1-7H3. The van der Waals surface area contributed by atoms with Gasteiger partial charge in [-0.25, -0.2) is 0 Å². The lowest BCUT2D eigenvalue weighted by molar-refractivity contribution is -0.138. The molecule has 0 saturated carbocycles. The summed E-state index contributed by atoms with van der Waals surface area (Å²) in [6, 6.07) is 0. The van der Waals surface area contributed by atoms with Crippen LogP contribution in [0.5, 0.6) is 0 Å². The smallest absolute Gasteiger partial charge is 0.296 e. The molecule has 3 nitrogen and oxygen atoms in total. The van der Waals surface area contributed by atoms with Crippen molar-refractivity contribution in [3.8, 4) is 0 Å². The van der Waals surface area contributed by atoms with Crippen LogP contribution in [0.3, 0.4) is 0 Å². The molecule has 0 aliphatic heterocycles. The van der Waals surface area contributed by atoms with Crippen LogP contribution in [0.25, 0.3) is 0 Å². The highest BCUT2D eigenvalue weighted by molar-refractivity contribution is 6.73. The fourth-order valence-corrected chi connectivity index (χ4v) is 2.67. The first-order chi connectivity index (χ1) is 6.51. The highest BCUT2D eigenvalue weighted by Gasteiger charge is 2.24. The second kappa shape index (κ2) is 5.27. The van der Waals surface area contributed by atoms with Gasteiger partial charge in [0, 0.05) is 6.54 Å². The van der Waals surface area contributed by atoms with Gasteiger partial charge in [0.25, 0.3) is 5.97 Å². The van der Waals surface area contributed by atoms with Crippen molar-refractivity contribution < 1.29 is 9.22 Å². The van der Waals surface area contributed by atoms with E-state index in [-0.39, 0.29) is 11.9 Å². The second-order valence-corrected chi connectivity index (χ2v) is 15.3. The Morgan fingerprint density at radius 3 is 2.00 bits per heavy atom. The highest BCUT2D eigenvalue weighted by Crippen LogP contribution is 2.08. The zero-order valence-electron chi connectivity index (χ0n) is 11.1. The molecule has 0 aromatic heterocycles. The van der Waals surface area contributed by atoms with Gasteiger partial charge in [0.2, 0.25) is 8.32 Å². The lowest BCUT2D eigenvalue weighted by atomic mass is 10.2. The molecule has 0 heterocycles. The van der Waals surface area contributed by atoms with E-state index in [0.29, 0.717) is 0 Å². The Hall–Kier alpha value is -0.136. The summed E-state index contributed by atoms with van der Waals surface area (Å²) in [4.78, 5) is 15.1. The van der Waals surface area contributed by atoms with E-state index in [1.165, 1.54) is 0 Å². The molecule has 15 heavy (non-hydrogen) atoms. The van der Waals surface area contributed by atoms with E-state index in [4.69, 9.17) is 4.43 Å². The molecule has 0 radical (unpaired) electrons. The summed E-state index contributed by atoms with van der Waals surface area (Å²) in [7, 11) is -2.99. The quantitative estimate of drug-likeness (QED) is 0.758. The summed E-state index contributed by atoms with van der Waals surface area (Å²) in [6.07, 6.45) is 0. The number of carbonyl (C=O) groups excluding carboxylic acids is 1. The second-order valence-electron chi connectivity index (χ2n) is 6.07. The maximum absolute atomic E-state index is 11.7. The van der Waals surface area contributed by atoms with Crippen LogP contribution >= 0.6 is 0 Å². The molecule has 0 rings (SSSR count). The van der Waals surface area contributed by atoms with Gasteiger partial charge in [-0.15, -0.1) is 0 Å². The lowest BCUT2D eigenvalue weighted by Crippen LogP contribution is -2.45. The molecule has 1 N–H and O–H groups in total. The topological polar surface area (TPSA) is 38.3 Å². The first-order valence-corrected chi connectivity index (χ1v) is 12.4. The van der Waals surface area contributed by atoms with Gasteiger partial charge >= 0.3 is 0 Å². The third kappa shape index (κ3) is 8.83. The van der Waals surface area contributed by atoms with E-state index in [1.54, 1.807) is 0 Å². The van der Waals surface area contributed by atoms with Gasteiger partial charge in [0.15, 0.2) is 0 Å². The van der Waals surface area contributed by atoms with Crippen LogP contribution in [0.15, 0.2) is 0 Å². The molecule has 0 saturated heterocycles. The molecule has 0 aliphatic rings. The van der Waals surface area contributed by atoms with Crippen molar-refractivity contribution in [1.29, 1.82) is 0 Å². The van der Waals surface area contributed by atoms with Crippen LogP contribution in [0.2, 0.25) is 39.3 Å². The normalized spacial score (nSPS) is 14.9. The largest absolute Gasteiger partial charge is 0.520 e. The van der Waals surface area contributed by atoms with Gasteiger partial charge in [-0.1, -0.05) is 26.6 Å².